The summed E-state index contributed by atoms with van der Waals surface area (Å²) in [6.45, 7) is 8.47. The zero-order valence-corrected chi connectivity index (χ0v) is 17.4. The molecular formula is C22H28FN3O3. The molecule has 1 saturated heterocycles. The van der Waals surface area contributed by atoms with E-state index in [0.29, 0.717) is 30.0 Å². The van der Waals surface area contributed by atoms with Crippen LogP contribution in [0.25, 0.3) is 0 Å². The molecule has 0 bridgehead atoms. The van der Waals surface area contributed by atoms with E-state index in [1.165, 1.54) is 12.1 Å². The van der Waals surface area contributed by atoms with Crippen molar-refractivity contribution in [3.63, 3.8) is 0 Å². The molecule has 1 aromatic heterocycles. The number of benzene rings is 1. The van der Waals surface area contributed by atoms with E-state index in [9.17, 15) is 14.0 Å². The Morgan fingerprint density at radius 1 is 1.17 bits per heavy atom. The summed E-state index contributed by atoms with van der Waals surface area (Å²) in [5.74, 6) is -0.570. The van der Waals surface area contributed by atoms with Gasteiger partial charge in [0.05, 0.1) is 0 Å². The molecule has 7 heteroatoms. The SMILES string of the molecule is Cc1cc(F)ccc1NC(=O)c1cccn1C1CCN(C(=O)OC(C)(C)C)CC1. The number of nitrogens with one attached hydrogen (secondary N) is 1. The first kappa shape index (κ1) is 20.9. The molecule has 0 unspecified atom stereocenters. The molecule has 2 amide bonds. The van der Waals surface area contributed by atoms with E-state index in [2.05, 4.69) is 5.32 Å². The van der Waals surface area contributed by atoms with Crippen LogP contribution in [0.4, 0.5) is 14.9 Å². The molecule has 0 saturated carbocycles. The van der Waals surface area contributed by atoms with Crippen LogP contribution in [0.3, 0.4) is 0 Å². The Morgan fingerprint density at radius 2 is 1.86 bits per heavy atom. The summed E-state index contributed by atoms with van der Waals surface area (Å²) >= 11 is 0. The second-order valence-electron chi connectivity index (χ2n) is 8.41. The maximum absolute atomic E-state index is 13.3. The standard InChI is InChI=1S/C22H28FN3O3/c1-15-14-16(23)7-8-18(15)24-20(27)19-6-5-11-26(19)17-9-12-25(13-10-17)21(28)29-22(2,3)4/h5-8,11,14,17H,9-10,12-13H2,1-4H3,(H,24,27). The van der Waals surface area contributed by atoms with Gasteiger partial charge in [-0.25, -0.2) is 9.18 Å². The highest BCUT2D eigenvalue weighted by molar-refractivity contribution is 6.03. The highest BCUT2D eigenvalue weighted by Gasteiger charge is 2.28. The van der Waals surface area contributed by atoms with Gasteiger partial charge in [-0.15, -0.1) is 0 Å². The maximum Gasteiger partial charge on any atom is 0.410 e. The molecule has 2 aromatic rings. The highest BCUT2D eigenvalue weighted by Crippen LogP contribution is 2.26. The van der Waals surface area contributed by atoms with Crippen molar-refractivity contribution >= 4 is 17.7 Å². The lowest BCUT2D eigenvalue weighted by atomic mass is 10.0. The van der Waals surface area contributed by atoms with Crippen molar-refractivity contribution in [2.45, 2.75) is 52.2 Å². The quantitative estimate of drug-likeness (QED) is 0.807. The Morgan fingerprint density at radius 3 is 2.48 bits per heavy atom. The fraction of sp³-hybridized carbons (Fsp3) is 0.455. The minimum Gasteiger partial charge on any atom is -0.444 e. The average molecular weight is 401 g/mol. The largest absolute Gasteiger partial charge is 0.444 e. The van der Waals surface area contributed by atoms with Crippen molar-refractivity contribution in [1.82, 2.24) is 9.47 Å². The van der Waals surface area contributed by atoms with Crippen LogP contribution < -0.4 is 5.32 Å². The van der Waals surface area contributed by atoms with E-state index in [0.717, 1.165) is 12.8 Å². The fourth-order valence-electron chi connectivity index (χ4n) is 3.51. The van der Waals surface area contributed by atoms with Crippen molar-refractivity contribution in [3.05, 3.63) is 53.6 Å². The number of halogens is 1. The van der Waals surface area contributed by atoms with Gasteiger partial charge in [0.15, 0.2) is 0 Å². The van der Waals surface area contributed by atoms with Crippen LogP contribution >= 0.6 is 0 Å². The van der Waals surface area contributed by atoms with Crippen LogP contribution in [0.15, 0.2) is 36.5 Å². The normalized spacial score (nSPS) is 15.3. The molecule has 156 valence electrons. The molecule has 1 fully saturated rings. The predicted molar refractivity (Wildman–Crippen MR) is 110 cm³/mol. The lowest BCUT2D eigenvalue weighted by Crippen LogP contribution is -2.42. The number of ether oxygens (including phenoxy) is 1. The Labute approximate surface area is 170 Å². The Balaban J connectivity index is 1.65. The number of hydrogen-bond donors (Lipinski definition) is 1. The summed E-state index contributed by atoms with van der Waals surface area (Å²) in [7, 11) is 0. The molecule has 0 atom stereocenters. The first-order valence-electron chi connectivity index (χ1n) is 9.86. The number of carbonyl (C=O) groups is 2. The minimum absolute atomic E-state index is 0.124. The van der Waals surface area contributed by atoms with E-state index in [1.54, 1.807) is 24.0 Å². The zero-order valence-electron chi connectivity index (χ0n) is 17.4. The van der Waals surface area contributed by atoms with Gasteiger partial charge in [0.2, 0.25) is 0 Å². The smallest absolute Gasteiger partial charge is 0.410 e. The topological polar surface area (TPSA) is 63.6 Å². The number of aromatic nitrogens is 1. The fourth-order valence-corrected chi connectivity index (χ4v) is 3.51. The zero-order chi connectivity index (χ0) is 21.2. The third-order valence-corrected chi connectivity index (χ3v) is 4.96. The predicted octanol–water partition coefficient (Wildman–Crippen LogP) is 4.76. The molecular weight excluding hydrogens is 373 g/mol. The summed E-state index contributed by atoms with van der Waals surface area (Å²) < 4.78 is 20.7. The number of hydrogen-bond acceptors (Lipinski definition) is 3. The van der Waals surface area contributed by atoms with Crippen molar-refractivity contribution in [2.75, 3.05) is 18.4 Å². The van der Waals surface area contributed by atoms with E-state index in [-0.39, 0.29) is 23.9 Å². The van der Waals surface area contributed by atoms with Gasteiger partial charge in [0.1, 0.15) is 17.1 Å². The van der Waals surface area contributed by atoms with E-state index in [4.69, 9.17) is 4.74 Å². The molecule has 6 nitrogen and oxygen atoms in total. The molecule has 1 aliphatic heterocycles. The van der Waals surface area contributed by atoms with E-state index >= 15 is 0 Å². The average Bonchev–Trinajstić information content (AvgIpc) is 3.12. The van der Waals surface area contributed by atoms with Gasteiger partial charge in [-0.3, -0.25) is 4.79 Å². The monoisotopic (exact) mass is 401 g/mol. The summed E-state index contributed by atoms with van der Waals surface area (Å²) in [6, 6.07) is 8.02. The molecule has 29 heavy (non-hydrogen) atoms. The second-order valence-corrected chi connectivity index (χ2v) is 8.41. The van der Waals surface area contributed by atoms with Crippen LogP contribution in [-0.4, -0.2) is 40.2 Å². The first-order valence-corrected chi connectivity index (χ1v) is 9.86. The van der Waals surface area contributed by atoms with Crippen LogP contribution in [-0.2, 0) is 4.74 Å². The molecule has 1 aromatic carbocycles. The van der Waals surface area contributed by atoms with E-state index in [1.807, 2.05) is 37.6 Å². The summed E-state index contributed by atoms with van der Waals surface area (Å²) in [5.41, 5.74) is 1.29. The molecule has 3 rings (SSSR count). The highest BCUT2D eigenvalue weighted by atomic mass is 19.1. The Hall–Kier alpha value is -2.83. The lowest BCUT2D eigenvalue weighted by Gasteiger charge is -2.34. The van der Waals surface area contributed by atoms with Gasteiger partial charge >= 0.3 is 6.09 Å². The molecule has 1 N–H and O–H groups in total. The minimum atomic E-state index is -0.516. The van der Waals surface area contributed by atoms with Gasteiger partial charge in [0.25, 0.3) is 5.91 Å². The third kappa shape index (κ3) is 5.16. The molecule has 2 heterocycles. The van der Waals surface area contributed by atoms with Crippen molar-refractivity contribution in [3.8, 4) is 0 Å². The molecule has 0 aliphatic carbocycles. The van der Waals surface area contributed by atoms with Crippen LogP contribution in [0, 0.1) is 12.7 Å². The van der Waals surface area contributed by atoms with Gasteiger partial charge in [-0.05, 0) is 76.4 Å². The first-order chi connectivity index (χ1) is 13.6. The molecule has 0 spiro atoms. The van der Waals surface area contributed by atoms with Crippen LogP contribution in [0.2, 0.25) is 0 Å². The summed E-state index contributed by atoms with van der Waals surface area (Å²) in [4.78, 5) is 26.8. The number of aryl methyl sites for hydroxylation is 1. The maximum atomic E-state index is 13.3. The van der Waals surface area contributed by atoms with Crippen molar-refractivity contribution in [2.24, 2.45) is 0 Å². The van der Waals surface area contributed by atoms with Crippen LogP contribution in [0.1, 0.15) is 55.7 Å². The Bertz CT molecular complexity index is 893. The Kier molecular flexibility index (Phi) is 5.96. The third-order valence-electron chi connectivity index (χ3n) is 4.96. The van der Waals surface area contributed by atoms with Crippen LogP contribution in [0.5, 0.6) is 0 Å². The van der Waals surface area contributed by atoms with Gasteiger partial charge in [-0.2, -0.15) is 0 Å². The number of amides is 2. The summed E-state index contributed by atoms with van der Waals surface area (Å²) in [5, 5.41) is 2.86. The number of rotatable bonds is 3. The van der Waals surface area contributed by atoms with Crippen molar-refractivity contribution < 1.29 is 18.7 Å². The number of likely N-dealkylation sites (tertiary alicyclic amines) is 1. The number of anilines is 1. The summed E-state index contributed by atoms with van der Waals surface area (Å²) in [6.07, 6.45) is 3.07. The molecule has 1 aliphatic rings. The van der Waals surface area contributed by atoms with Gasteiger partial charge in [0, 0.05) is 31.0 Å². The second kappa shape index (κ2) is 8.27. The number of carbonyl (C=O) groups excluding carboxylic acids is 2. The number of piperidine rings is 1. The van der Waals surface area contributed by atoms with Gasteiger partial charge < -0.3 is 19.5 Å². The van der Waals surface area contributed by atoms with Crippen molar-refractivity contribution in [1.29, 1.82) is 0 Å². The van der Waals surface area contributed by atoms with E-state index < -0.39 is 5.60 Å². The molecule has 0 radical (unpaired) electrons. The lowest BCUT2D eigenvalue weighted by molar-refractivity contribution is 0.0187. The van der Waals surface area contributed by atoms with Gasteiger partial charge in [-0.1, -0.05) is 0 Å². The number of nitrogens with zero attached hydrogens (tertiary/aromatic N) is 2.